The number of thiophene rings is 1. The molecule has 2 saturated heterocycles. The standard InChI is InChI=1S/C19H24N4O2S/c1-13-8-16(26-14(13)2)17(24)23-11-19(12-23)5-4-15(10-25-19)9-22-18-20-6-3-7-21-18/h3,6-8,15H,4-5,9-12H2,1-2H3,(H,20,21,22)/t15-/m1/s1. The van der Waals surface area contributed by atoms with Gasteiger partial charge >= 0.3 is 0 Å². The van der Waals surface area contributed by atoms with Crippen LogP contribution >= 0.6 is 11.3 Å². The van der Waals surface area contributed by atoms with Crippen LogP contribution in [0.3, 0.4) is 0 Å². The molecule has 7 heteroatoms. The lowest BCUT2D eigenvalue weighted by Crippen LogP contribution is -2.66. The lowest BCUT2D eigenvalue weighted by molar-refractivity contribution is -0.165. The van der Waals surface area contributed by atoms with Crippen LogP contribution in [-0.4, -0.2) is 52.6 Å². The topological polar surface area (TPSA) is 67.4 Å². The van der Waals surface area contributed by atoms with Crippen molar-refractivity contribution < 1.29 is 9.53 Å². The molecular formula is C19H24N4O2S. The Bertz CT molecular complexity index is 757. The number of rotatable bonds is 4. The van der Waals surface area contributed by atoms with E-state index in [0.717, 1.165) is 30.9 Å². The number of aryl methyl sites for hydroxylation is 2. The van der Waals surface area contributed by atoms with Crippen LogP contribution < -0.4 is 5.32 Å². The van der Waals surface area contributed by atoms with E-state index in [4.69, 9.17) is 4.74 Å². The van der Waals surface area contributed by atoms with Crippen LogP contribution in [0.5, 0.6) is 0 Å². The van der Waals surface area contributed by atoms with Crippen LogP contribution in [0.15, 0.2) is 24.5 Å². The first kappa shape index (κ1) is 17.4. The Labute approximate surface area is 157 Å². The van der Waals surface area contributed by atoms with Crippen LogP contribution in [0.4, 0.5) is 5.95 Å². The van der Waals surface area contributed by atoms with Crippen LogP contribution in [0, 0.1) is 19.8 Å². The van der Waals surface area contributed by atoms with E-state index < -0.39 is 0 Å². The lowest BCUT2D eigenvalue weighted by Gasteiger charge is -2.52. The normalized spacial score (nSPS) is 21.5. The molecule has 6 nitrogen and oxygen atoms in total. The minimum absolute atomic E-state index is 0.128. The van der Waals surface area contributed by atoms with Gasteiger partial charge in [0.1, 0.15) is 5.60 Å². The number of nitrogens with zero attached hydrogens (tertiary/aromatic N) is 3. The summed E-state index contributed by atoms with van der Waals surface area (Å²) in [7, 11) is 0. The molecule has 1 atom stereocenters. The van der Waals surface area contributed by atoms with Crippen molar-refractivity contribution in [2.24, 2.45) is 5.92 Å². The van der Waals surface area contributed by atoms with Crippen LogP contribution in [0.1, 0.15) is 33.0 Å². The summed E-state index contributed by atoms with van der Waals surface area (Å²) in [5.74, 6) is 1.26. The Hall–Kier alpha value is -1.99. The highest BCUT2D eigenvalue weighted by atomic mass is 32.1. The number of likely N-dealkylation sites (tertiary alicyclic amines) is 1. The molecule has 2 fully saturated rings. The molecule has 26 heavy (non-hydrogen) atoms. The fourth-order valence-corrected chi connectivity index (χ4v) is 4.58. The number of ether oxygens (including phenoxy) is 1. The summed E-state index contributed by atoms with van der Waals surface area (Å²) in [5.41, 5.74) is 1.07. The highest BCUT2D eigenvalue weighted by Gasteiger charge is 2.48. The fraction of sp³-hybridized carbons (Fsp3) is 0.526. The Morgan fingerprint density at radius 1 is 1.38 bits per heavy atom. The molecule has 1 N–H and O–H groups in total. The van der Waals surface area contributed by atoms with Gasteiger partial charge in [0.15, 0.2) is 0 Å². The minimum atomic E-state index is -0.128. The second kappa shape index (κ2) is 6.96. The number of aromatic nitrogens is 2. The molecule has 0 aliphatic carbocycles. The highest BCUT2D eigenvalue weighted by molar-refractivity contribution is 7.14. The predicted molar refractivity (Wildman–Crippen MR) is 102 cm³/mol. The van der Waals surface area contributed by atoms with E-state index in [-0.39, 0.29) is 11.5 Å². The van der Waals surface area contributed by atoms with Crippen molar-refractivity contribution in [3.8, 4) is 0 Å². The summed E-state index contributed by atoms with van der Waals surface area (Å²) in [5, 5.41) is 3.27. The summed E-state index contributed by atoms with van der Waals surface area (Å²) in [6.45, 7) is 7.08. The SMILES string of the molecule is Cc1cc(C(=O)N2CC3(CC[C@H](CNc4ncccn4)CO3)C2)sc1C. The van der Waals surface area contributed by atoms with Gasteiger partial charge in [-0.25, -0.2) is 9.97 Å². The molecular weight excluding hydrogens is 348 g/mol. The molecule has 2 aromatic rings. The average molecular weight is 372 g/mol. The van der Waals surface area contributed by atoms with Gasteiger partial charge in [0.25, 0.3) is 5.91 Å². The largest absolute Gasteiger partial charge is 0.371 e. The molecule has 138 valence electrons. The van der Waals surface area contributed by atoms with Crippen molar-refractivity contribution in [1.29, 1.82) is 0 Å². The van der Waals surface area contributed by atoms with Crippen LogP contribution in [0.2, 0.25) is 0 Å². The van der Waals surface area contributed by atoms with Gasteiger partial charge in [0.05, 0.1) is 24.6 Å². The molecule has 0 saturated carbocycles. The van der Waals surface area contributed by atoms with Crippen molar-refractivity contribution in [3.05, 3.63) is 39.8 Å². The molecule has 2 aromatic heterocycles. The quantitative estimate of drug-likeness (QED) is 0.894. The number of hydrogen-bond acceptors (Lipinski definition) is 6. The third-order valence-corrected chi connectivity index (χ3v) is 6.51. The first-order valence-electron chi connectivity index (χ1n) is 9.06. The Balaban J connectivity index is 1.25. The van der Waals surface area contributed by atoms with E-state index in [1.54, 1.807) is 29.8 Å². The smallest absolute Gasteiger partial charge is 0.264 e. The van der Waals surface area contributed by atoms with E-state index in [1.165, 1.54) is 10.4 Å². The van der Waals surface area contributed by atoms with E-state index in [2.05, 4.69) is 29.1 Å². The Kier molecular flexibility index (Phi) is 4.67. The summed E-state index contributed by atoms with van der Waals surface area (Å²) < 4.78 is 6.18. The lowest BCUT2D eigenvalue weighted by atomic mass is 9.83. The predicted octanol–water partition coefficient (Wildman–Crippen LogP) is 2.89. The van der Waals surface area contributed by atoms with Gasteiger partial charge in [0, 0.05) is 23.8 Å². The molecule has 1 amide bonds. The maximum absolute atomic E-state index is 12.6. The van der Waals surface area contributed by atoms with Crippen molar-refractivity contribution in [2.45, 2.75) is 32.3 Å². The molecule has 0 aromatic carbocycles. The zero-order valence-electron chi connectivity index (χ0n) is 15.2. The maximum Gasteiger partial charge on any atom is 0.264 e. The number of amides is 1. The first-order chi connectivity index (χ1) is 12.5. The van der Waals surface area contributed by atoms with Gasteiger partial charge in [0.2, 0.25) is 5.95 Å². The third kappa shape index (κ3) is 3.46. The molecule has 4 heterocycles. The molecule has 1 spiro atoms. The van der Waals surface area contributed by atoms with Gasteiger partial charge in [-0.05, 0) is 50.3 Å². The van der Waals surface area contributed by atoms with E-state index >= 15 is 0 Å². The van der Waals surface area contributed by atoms with E-state index in [9.17, 15) is 4.79 Å². The molecule has 2 aliphatic heterocycles. The van der Waals surface area contributed by atoms with Crippen molar-refractivity contribution in [2.75, 3.05) is 31.6 Å². The number of anilines is 1. The number of hydrogen-bond donors (Lipinski definition) is 1. The summed E-state index contributed by atoms with van der Waals surface area (Å²) in [4.78, 5) is 24.9. The Morgan fingerprint density at radius 3 is 2.77 bits per heavy atom. The van der Waals surface area contributed by atoms with Crippen LogP contribution in [-0.2, 0) is 4.74 Å². The zero-order valence-corrected chi connectivity index (χ0v) is 16.0. The number of carbonyl (C=O) groups is 1. The second-order valence-electron chi connectivity index (χ2n) is 7.36. The van der Waals surface area contributed by atoms with Crippen LogP contribution in [0.25, 0.3) is 0 Å². The summed E-state index contributed by atoms with van der Waals surface area (Å²) in [6, 6.07) is 3.81. The third-order valence-electron chi connectivity index (χ3n) is 5.37. The van der Waals surface area contributed by atoms with Crippen molar-refractivity contribution in [3.63, 3.8) is 0 Å². The highest BCUT2D eigenvalue weighted by Crippen LogP contribution is 2.37. The van der Waals surface area contributed by atoms with E-state index in [1.807, 2.05) is 11.0 Å². The molecule has 0 bridgehead atoms. The minimum Gasteiger partial charge on any atom is -0.371 e. The zero-order chi connectivity index (χ0) is 18.1. The second-order valence-corrected chi connectivity index (χ2v) is 8.62. The molecule has 0 radical (unpaired) electrons. The van der Waals surface area contributed by atoms with Gasteiger partial charge < -0.3 is 15.0 Å². The van der Waals surface area contributed by atoms with Crippen molar-refractivity contribution >= 4 is 23.2 Å². The molecule has 2 aliphatic rings. The molecule has 0 unspecified atom stereocenters. The number of carbonyl (C=O) groups excluding carboxylic acids is 1. The first-order valence-corrected chi connectivity index (χ1v) is 9.87. The monoisotopic (exact) mass is 372 g/mol. The number of nitrogens with one attached hydrogen (secondary N) is 1. The summed E-state index contributed by atoms with van der Waals surface area (Å²) in [6.07, 6.45) is 5.57. The molecule has 4 rings (SSSR count). The van der Waals surface area contributed by atoms with Gasteiger partial charge in [-0.2, -0.15) is 0 Å². The average Bonchev–Trinajstić information content (AvgIpc) is 2.98. The van der Waals surface area contributed by atoms with Gasteiger partial charge in [-0.3, -0.25) is 4.79 Å². The Morgan fingerprint density at radius 2 is 2.15 bits per heavy atom. The van der Waals surface area contributed by atoms with Crippen molar-refractivity contribution in [1.82, 2.24) is 14.9 Å². The van der Waals surface area contributed by atoms with Gasteiger partial charge in [-0.1, -0.05) is 0 Å². The maximum atomic E-state index is 12.6. The fourth-order valence-electron chi connectivity index (χ4n) is 3.58. The summed E-state index contributed by atoms with van der Waals surface area (Å²) >= 11 is 1.59. The van der Waals surface area contributed by atoms with Gasteiger partial charge in [-0.15, -0.1) is 11.3 Å². The van der Waals surface area contributed by atoms with E-state index in [0.29, 0.717) is 25.0 Å².